The number of rotatable bonds is 1. The van der Waals surface area contributed by atoms with Crippen molar-refractivity contribution in [1.29, 1.82) is 0 Å². The molecule has 1 unspecified atom stereocenters. The van der Waals surface area contributed by atoms with E-state index in [0.29, 0.717) is 0 Å². The Kier molecular flexibility index (Phi) is 2.09. The average Bonchev–Trinajstić information content (AvgIpc) is 2.14. The van der Waals surface area contributed by atoms with Crippen LogP contribution in [0.5, 0.6) is 0 Å². The molecule has 3 heteroatoms. The minimum atomic E-state index is 0.0590. The van der Waals surface area contributed by atoms with Crippen molar-refractivity contribution < 1.29 is 0 Å². The van der Waals surface area contributed by atoms with Crippen LogP contribution in [0.25, 0.3) is 0 Å². The molecule has 0 aliphatic carbocycles. The molecule has 0 amide bonds. The largest absolute Gasteiger partial charge is 0.245 e. The summed E-state index contributed by atoms with van der Waals surface area (Å²) in [5.74, 6) is 0. The van der Waals surface area contributed by atoms with Crippen LogP contribution in [0.4, 0.5) is 0 Å². The highest BCUT2D eigenvalue weighted by molar-refractivity contribution is 7.10. The van der Waals surface area contributed by atoms with E-state index in [0.717, 1.165) is 10.7 Å². The molecule has 50 valence electrons. The molecule has 1 aromatic rings. The SMILES string of the molecule is Cc1csc(C(C)Cl)n1. The maximum atomic E-state index is 5.76. The minimum absolute atomic E-state index is 0.0590. The number of aryl methyl sites for hydroxylation is 1. The summed E-state index contributed by atoms with van der Waals surface area (Å²) in [6.07, 6.45) is 0. The average molecular weight is 162 g/mol. The van der Waals surface area contributed by atoms with Crippen molar-refractivity contribution in [2.45, 2.75) is 19.2 Å². The summed E-state index contributed by atoms with van der Waals surface area (Å²) < 4.78 is 0. The van der Waals surface area contributed by atoms with Crippen molar-refractivity contribution in [3.8, 4) is 0 Å². The van der Waals surface area contributed by atoms with Crippen LogP contribution in [0.3, 0.4) is 0 Å². The maximum absolute atomic E-state index is 5.76. The number of hydrogen-bond acceptors (Lipinski definition) is 2. The lowest BCUT2D eigenvalue weighted by atomic mass is 10.5. The highest BCUT2D eigenvalue weighted by atomic mass is 35.5. The molecule has 1 heterocycles. The fraction of sp³-hybridized carbons (Fsp3) is 0.500. The molecule has 1 atom stereocenters. The van der Waals surface area contributed by atoms with Gasteiger partial charge in [0.05, 0.1) is 5.38 Å². The standard InChI is InChI=1S/C6H8ClNS/c1-4-3-9-6(8-4)5(2)7/h3,5H,1-2H3. The van der Waals surface area contributed by atoms with E-state index in [1.807, 2.05) is 19.2 Å². The fourth-order valence-electron chi connectivity index (χ4n) is 0.555. The minimum Gasteiger partial charge on any atom is -0.245 e. The zero-order valence-corrected chi connectivity index (χ0v) is 6.96. The van der Waals surface area contributed by atoms with E-state index in [1.165, 1.54) is 0 Å². The van der Waals surface area contributed by atoms with Crippen molar-refractivity contribution in [2.24, 2.45) is 0 Å². The van der Waals surface area contributed by atoms with Crippen LogP contribution in [0.1, 0.15) is 23.0 Å². The monoisotopic (exact) mass is 161 g/mol. The highest BCUT2D eigenvalue weighted by Gasteiger charge is 2.03. The molecule has 9 heavy (non-hydrogen) atoms. The number of alkyl halides is 1. The maximum Gasteiger partial charge on any atom is 0.110 e. The summed E-state index contributed by atoms with van der Waals surface area (Å²) in [4.78, 5) is 4.20. The van der Waals surface area contributed by atoms with Crippen LogP contribution < -0.4 is 0 Å². The van der Waals surface area contributed by atoms with Gasteiger partial charge in [-0.2, -0.15) is 0 Å². The predicted octanol–water partition coefficient (Wildman–Crippen LogP) is 2.75. The van der Waals surface area contributed by atoms with Gasteiger partial charge in [0.1, 0.15) is 5.01 Å². The van der Waals surface area contributed by atoms with Crippen molar-refractivity contribution in [3.63, 3.8) is 0 Å². The molecule has 0 bridgehead atoms. The zero-order valence-electron chi connectivity index (χ0n) is 5.39. The van der Waals surface area contributed by atoms with Gasteiger partial charge in [0, 0.05) is 11.1 Å². The van der Waals surface area contributed by atoms with Crippen LogP contribution in [0, 0.1) is 6.92 Å². The first-order valence-electron chi connectivity index (χ1n) is 2.76. The van der Waals surface area contributed by atoms with Gasteiger partial charge in [-0.25, -0.2) is 4.98 Å². The van der Waals surface area contributed by atoms with Gasteiger partial charge in [-0.15, -0.1) is 22.9 Å². The van der Waals surface area contributed by atoms with E-state index in [4.69, 9.17) is 11.6 Å². The molecule has 1 rings (SSSR count). The molecule has 0 aliphatic heterocycles. The Morgan fingerprint density at radius 3 is 2.67 bits per heavy atom. The van der Waals surface area contributed by atoms with Gasteiger partial charge in [0.15, 0.2) is 0 Å². The molecule has 0 N–H and O–H groups in total. The topological polar surface area (TPSA) is 12.9 Å². The number of hydrogen-bond donors (Lipinski definition) is 0. The fourth-order valence-corrected chi connectivity index (χ4v) is 1.49. The third kappa shape index (κ3) is 1.66. The number of halogens is 1. The number of thiazole rings is 1. The van der Waals surface area contributed by atoms with Crippen LogP contribution in [-0.4, -0.2) is 4.98 Å². The summed E-state index contributed by atoms with van der Waals surface area (Å²) in [6, 6.07) is 0. The van der Waals surface area contributed by atoms with Gasteiger partial charge in [-0.05, 0) is 13.8 Å². The molecule has 0 spiro atoms. The Morgan fingerprint density at radius 2 is 2.44 bits per heavy atom. The van der Waals surface area contributed by atoms with Gasteiger partial charge in [-0.3, -0.25) is 0 Å². The lowest BCUT2D eigenvalue weighted by Gasteiger charge is -1.92. The Bertz CT molecular complexity index is 195. The van der Waals surface area contributed by atoms with Gasteiger partial charge in [-0.1, -0.05) is 0 Å². The second kappa shape index (κ2) is 2.67. The van der Waals surface area contributed by atoms with Crippen LogP contribution >= 0.6 is 22.9 Å². The van der Waals surface area contributed by atoms with E-state index in [-0.39, 0.29) is 5.38 Å². The van der Waals surface area contributed by atoms with Crippen LogP contribution in [0.2, 0.25) is 0 Å². The third-order valence-corrected chi connectivity index (χ3v) is 2.46. The number of nitrogens with zero attached hydrogens (tertiary/aromatic N) is 1. The summed E-state index contributed by atoms with van der Waals surface area (Å²) >= 11 is 7.38. The van der Waals surface area contributed by atoms with E-state index >= 15 is 0 Å². The quantitative estimate of drug-likeness (QED) is 0.578. The molecule has 0 saturated carbocycles. The van der Waals surface area contributed by atoms with E-state index in [9.17, 15) is 0 Å². The van der Waals surface area contributed by atoms with Gasteiger partial charge in [0.2, 0.25) is 0 Å². The Labute approximate surface area is 63.7 Å². The first kappa shape index (κ1) is 7.03. The van der Waals surface area contributed by atoms with E-state index in [1.54, 1.807) is 11.3 Å². The normalized spacial score (nSPS) is 13.7. The molecule has 0 fully saturated rings. The molecule has 0 radical (unpaired) electrons. The van der Waals surface area contributed by atoms with E-state index in [2.05, 4.69) is 4.98 Å². The second-order valence-corrected chi connectivity index (χ2v) is 3.49. The van der Waals surface area contributed by atoms with Crippen molar-refractivity contribution >= 4 is 22.9 Å². The Morgan fingerprint density at radius 1 is 1.78 bits per heavy atom. The molecule has 1 nitrogen and oxygen atoms in total. The molecular weight excluding hydrogens is 154 g/mol. The molecule has 0 aliphatic rings. The van der Waals surface area contributed by atoms with Crippen molar-refractivity contribution in [3.05, 3.63) is 16.1 Å². The zero-order chi connectivity index (χ0) is 6.85. The Hall–Kier alpha value is -0.0800. The lowest BCUT2D eigenvalue weighted by molar-refractivity contribution is 1.03. The lowest BCUT2D eigenvalue weighted by Crippen LogP contribution is -1.80. The summed E-state index contributed by atoms with van der Waals surface area (Å²) in [5, 5.41) is 3.08. The first-order chi connectivity index (χ1) is 4.20. The van der Waals surface area contributed by atoms with Crippen molar-refractivity contribution in [2.75, 3.05) is 0 Å². The summed E-state index contributed by atoms with van der Waals surface area (Å²) in [7, 11) is 0. The van der Waals surface area contributed by atoms with E-state index < -0.39 is 0 Å². The molecular formula is C6H8ClNS. The first-order valence-corrected chi connectivity index (χ1v) is 4.08. The van der Waals surface area contributed by atoms with Gasteiger partial charge >= 0.3 is 0 Å². The van der Waals surface area contributed by atoms with Crippen molar-refractivity contribution in [1.82, 2.24) is 4.98 Å². The molecule has 0 aromatic carbocycles. The smallest absolute Gasteiger partial charge is 0.110 e. The highest BCUT2D eigenvalue weighted by Crippen LogP contribution is 2.22. The third-order valence-electron chi connectivity index (χ3n) is 0.977. The molecule has 1 aromatic heterocycles. The van der Waals surface area contributed by atoms with Gasteiger partial charge < -0.3 is 0 Å². The summed E-state index contributed by atoms with van der Waals surface area (Å²) in [5.41, 5.74) is 1.06. The van der Waals surface area contributed by atoms with Crippen LogP contribution in [0.15, 0.2) is 5.38 Å². The Balaban J connectivity index is 2.85. The number of aromatic nitrogens is 1. The predicted molar refractivity (Wildman–Crippen MR) is 41.1 cm³/mol. The van der Waals surface area contributed by atoms with Crippen LogP contribution in [-0.2, 0) is 0 Å². The molecule has 0 saturated heterocycles. The van der Waals surface area contributed by atoms with Gasteiger partial charge in [0.25, 0.3) is 0 Å². The summed E-state index contributed by atoms with van der Waals surface area (Å²) in [6.45, 7) is 3.90. The second-order valence-electron chi connectivity index (χ2n) is 1.94.